The number of hydrogen-bond donors (Lipinski definition) is 2. The van der Waals surface area contributed by atoms with Crippen LogP contribution in [0.2, 0.25) is 0 Å². The first-order valence-electron chi connectivity index (χ1n) is 8.82. The van der Waals surface area contributed by atoms with Crippen LogP contribution in [0.25, 0.3) is 0 Å². The maximum Gasteiger partial charge on any atom is 0.319 e. The minimum Gasteiger partial charge on any atom is -0.337 e. The minimum atomic E-state index is -0.231. The summed E-state index contributed by atoms with van der Waals surface area (Å²) < 4.78 is 13.1. The third-order valence-electron chi connectivity index (χ3n) is 5.06. The lowest BCUT2D eigenvalue weighted by atomic mass is 9.96. The number of benzene rings is 2. The van der Waals surface area contributed by atoms with E-state index in [1.165, 1.54) is 12.1 Å². The molecule has 0 heterocycles. The average Bonchev–Trinajstić information content (AvgIpc) is 3.36. The molecule has 3 nitrogen and oxygen atoms in total. The van der Waals surface area contributed by atoms with Gasteiger partial charge in [-0.05, 0) is 54.5 Å². The lowest BCUT2D eigenvalue weighted by molar-refractivity contribution is 0.251. The first kappa shape index (κ1) is 17.5. The Labute approximate surface area is 148 Å². The van der Waals surface area contributed by atoms with E-state index < -0.39 is 0 Å². The molecule has 0 aromatic heterocycles. The summed E-state index contributed by atoms with van der Waals surface area (Å²) in [5.41, 5.74) is 4.13. The number of anilines is 1. The van der Waals surface area contributed by atoms with Crippen molar-refractivity contribution in [3.63, 3.8) is 0 Å². The van der Waals surface area contributed by atoms with Gasteiger partial charge in [0.05, 0.1) is 0 Å². The van der Waals surface area contributed by atoms with Crippen LogP contribution in [0.1, 0.15) is 49.3 Å². The number of carbonyl (C=O) groups is 1. The van der Waals surface area contributed by atoms with Crippen molar-refractivity contribution in [2.75, 3.05) is 11.9 Å². The molecule has 1 aliphatic carbocycles. The Balaban J connectivity index is 1.65. The molecule has 0 radical (unpaired) electrons. The fourth-order valence-corrected chi connectivity index (χ4v) is 3.27. The third kappa shape index (κ3) is 3.84. The van der Waals surface area contributed by atoms with E-state index in [-0.39, 0.29) is 17.3 Å². The maximum absolute atomic E-state index is 13.1. The van der Waals surface area contributed by atoms with Crippen molar-refractivity contribution in [2.24, 2.45) is 0 Å². The number of aryl methyl sites for hydroxylation is 1. The summed E-state index contributed by atoms with van der Waals surface area (Å²) in [7, 11) is 0. The predicted molar refractivity (Wildman–Crippen MR) is 99.6 cm³/mol. The monoisotopic (exact) mass is 340 g/mol. The quantitative estimate of drug-likeness (QED) is 0.780. The lowest BCUT2D eigenvalue weighted by Crippen LogP contribution is -2.35. The normalized spacial score (nSPS) is 15.1. The molecule has 25 heavy (non-hydrogen) atoms. The van der Waals surface area contributed by atoms with Crippen LogP contribution < -0.4 is 10.6 Å². The number of rotatable bonds is 5. The summed E-state index contributed by atoms with van der Waals surface area (Å²) in [6, 6.07) is 12.5. The molecule has 132 valence electrons. The highest BCUT2D eigenvalue weighted by molar-refractivity contribution is 5.91. The Morgan fingerprint density at radius 3 is 2.44 bits per heavy atom. The molecule has 0 spiro atoms. The van der Waals surface area contributed by atoms with Crippen molar-refractivity contribution < 1.29 is 9.18 Å². The standard InChI is InChI=1S/C21H25FN2O/c1-14(2)18-6-4-5-15(3)19(18)24-20(25)23-13-21(11-12-21)16-7-9-17(22)10-8-16/h4-10,14H,11-13H2,1-3H3,(H2,23,24,25). The summed E-state index contributed by atoms with van der Waals surface area (Å²) in [4.78, 5) is 12.4. The van der Waals surface area contributed by atoms with Gasteiger partial charge in [-0.15, -0.1) is 0 Å². The van der Waals surface area contributed by atoms with Gasteiger partial charge in [0.2, 0.25) is 0 Å². The zero-order valence-electron chi connectivity index (χ0n) is 15.0. The van der Waals surface area contributed by atoms with Crippen LogP contribution in [0.3, 0.4) is 0 Å². The van der Waals surface area contributed by atoms with E-state index in [0.717, 1.165) is 35.2 Å². The summed E-state index contributed by atoms with van der Waals surface area (Å²) in [6.45, 7) is 6.80. The van der Waals surface area contributed by atoms with Gasteiger partial charge in [0, 0.05) is 17.6 Å². The molecule has 1 fully saturated rings. The highest BCUT2D eigenvalue weighted by atomic mass is 19.1. The van der Waals surface area contributed by atoms with E-state index in [4.69, 9.17) is 0 Å². The van der Waals surface area contributed by atoms with Crippen molar-refractivity contribution in [3.8, 4) is 0 Å². The molecule has 4 heteroatoms. The molecule has 1 saturated carbocycles. The van der Waals surface area contributed by atoms with Crippen LogP contribution in [0.15, 0.2) is 42.5 Å². The van der Waals surface area contributed by atoms with Crippen LogP contribution in [0, 0.1) is 12.7 Å². The number of nitrogens with one attached hydrogen (secondary N) is 2. The number of halogens is 1. The van der Waals surface area contributed by atoms with Crippen molar-refractivity contribution >= 4 is 11.7 Å². The largest absolute Gasteiger partial charge is 0.337 e. The number of amides is 2. The van der Waals surface area contributed by atoms with Gasteiger partial charge in [-0.1, -0.05) is 44.2 Å². The van der Waals surface area contributed by atoms with Crippen LogP contribution in [0.4, 0.5) is 14.9 Å². The lowest BCUT2D eigenvalue weighted by Gasteiger charge is -2.19. The van der Waals surface area contributed by atoms with Crippen molar-refractivity contribution in [2.45, 2.75) is 44.9 Å². The SMILES string of the molecule is Cc1cccc(C(C)C)c1NC(=O)NCC1(c2ccc(F)cc2)CC1. The van der Waals surface area contributed by atoms with E-state index in [1.54, 1.807) is 0 Å². The van der Waals surface area contributed by atoms with E-state index >= 15 is 0 Å². The molecule has 0 atom stereocenters. The predicted octanol–water partition coefficient (Wildman–Crippen LogP) is 5.11. The molecule has 0 unspecified atom stereocenters. The molecule has 0 aliphatic heterocycles. The molecule has 2 aromatic carbocycles. The molecule has 1 aliphatic rings. The Hall–Kier alpha value is -2.36. The maximum atomic E-state index is 13.1. The van der Waals surface area contributed by atoms with Gasteiger partial charge in [-0.3, -0.25) is 0 Å². The second-order valence-corrected chi connectivity index (χ2v) is 7.29. The Morgan fingerprint density at radius 2 is 1.84 bits per heavy atom. The second kappa shape index (κ2) is 6.87. The average molecular weight is 340 g/mol. The van der Waals surface area contributed by atoms with E-state index in [9.17, 15) is 9.18 Å². The van der Waals surface area contributed by atoms with E-state index in [0.29, 0.717) is 12.5 Å². The molecule has 2 amide bonds. The van der Waals surface area contributed by atoms with Crippen molar-refractivity contribution in [1.82, 2.24) is 5.32 Å². The van der Waals surface area contributed by atoms with Crippen LogP contribution >= 0.6 is 0 Å². The molecule has 0 bridgehead atoms. The highest BCUT2D eigenvalue weighted by Gasteiger charge is 2.44. The first-order valence-corrected chi connectivity index (χ1v) is 8.82. The molecular weight excluding hydrogens is 315 g/mol. The van der Waals surface area contributed by atoms with Gasteiger partial charge in [0.1, 0.15) is 5.82 Å². The molecule has 2 N–H and O–H groups in total. The second-order valence-electron chi connectivity index (χ2n) is 7.29. The first-order chi connectivity index (χ1) is 11.9. The summed E-state index contributed by atoms with van der Waals surface area (Å²) in [5.74, 6) is 0.107. The Bertz CT molecular complexity index is 764. The zero-order valence-corrected chi connectivity index (χ0v) is 15.0. The number of hydrogen-bond acceptors (Lipinski definition) is 1. The summed E-state index contributed by atoms with van der Waals surface area (Å²) >= 11 is 0. The van der Waals surface area contributed by atoms with Crippen molar-refractivity contribution in [3.05, 3.63) is 65.0 Å². The molecule has 0 saturated heterocycles. The minimum absolute atomic E-state index is 0.0440. The number of urea groups is 1. The smallest absolute Gasteiger partial charge is 0.319 e. The van der Waals surface area contributed by atoms with Crippen LogP contribution in [-0.2, 0) is 5.41 Å². The van der Waals surface area contributed by atoms with Gasteiger partial charge in [-0.25, -0.2) is 9.18 Å². The number of carbonyl (C=O) groups excluding carboxylic acids is 1. The van der Waals surface area contributed by atoms with Gasteiger partial charge >= 0.3 is 6.03 Å². The van der Waals surface area contributed by atoms with E-state index in [1.807, 2.05) is 37.3 Å². The van der Waals surface area contributed by atoms with Crippen LogP contribution in [0.5, 0.6) is 0 Å². The Kier molecular flexibility index (Phi) is 4.80. The van der Waals surface area contributed by atoms with Gasteiger partial charge in [0.15, 0.2) is 0 Å². The fraction of sp³-hybridized carbons (Fsp3) is 0.381. The van der Waals surface area contributed by atoms with E-state index in [2.05, 4.69) is 24.5 Å². The summed E-state index contributed by atoms with van der Waals surface area (Å²) in [6.07, 6.45) is 2.03. The zero-order chi connectivity index (χ0) is 18.0. The third-order valence-corrected chi connectivity index (χ3v) is 5.06. The van der Waals surface area contributed by atoms with Gasteiger partial charge in [-0.2, -0.15) is 0 Å². The van der Waals surface area contributed by atoms with Crippen molar-refractivity contribution in [1.29, 1.82) is 0 Å². The molecular formula is C21H25FN2O. The van der Waals surface area contributed by atoms with Gasteiger partial charge < -0.3 is 10.6 Å². The summed E-state index contributed by atoms with van der Waals surface area (Å²) in [5, 5.41) is 6.01. The Morgan fingerprint density at radius 1 is 1.16 bits per heavy atom. The van der Waals surface area contributed by atoms with Crippen LogP contribution in [-0.4, -0.2) is 12.6 Å². The van der Waals surface area contributed by atoms with Gasteiger partial charge in [0.25, 0.3) is 0 Å². The topological polar surface area (TPSA) is 41.1 Å². The molecule has 2 aromatic rings. The molecule has 3 rings (SSSR count). The highest BCUT2D eigenvalue weighted by Crippen LogP contribution is 2.47. The fourth-order valence-electron chi connectivity index (χ4n) is 3.27. The number of para-hydroxylation sites is 1.